The molecule has 0 unspecified atom stereocenters. The van der Waals surface area contributed by atoms with Gasteiger partial charge in [0.25, 0.3) is 0 Å². The van der Waals surface area contributed by atoms with E-state index in [0.717, 1.165) is 39.8 Å². The third-order valence-electron chi connectivity index (χ3n) is 7.04. The second-order valence-corrected chi connectivity index (χ2v) is 10.0. The number of benzene rings is 3. The molecule has 7 nitrogen and oxygen atoms in total. The first-order valence-corrected chi connectivity index (χ1v) is 13.6. The molecule has 2 aromatic heterocycles. The Hall–Kier alpha value is -4.95. The predicted octanol–water partition coefficient (Wildman–Crippen LogP) is 7.41. The monoisotopic (exact) mass is 561 g/mol. The van der Waals surface area contributed by atoms with Crippen LogP contribution in [0.4, 0.5) is 5.69 Å². The number of aryl methyl sites for hydroxylation is 1. The minimum Gasteiger partial charge on any atom is -0.465 e. The van der Waals surface area contributed by atoms with Crippen LogP contribution < -0.4 is 15.0 Å². The second-order valence-electron chi connectivity index (χ2n) is 9.63. The van der Waals surface area contributed by atoms with E-state index >= 15 is 0 Å². The van der Waals surface area contributed by atoms with Crippen LogP contribution in [-0.2, 0) is 4.74 Å². The lowest BCUT2D eigenvalue weighted by atomic mass is 10.0. The van der Waals surface area contributed by atoms with Gasteiger partial charge in [0.2, 0.25) is 0 Å². The summed E-state index contributed by atoms with van der Waals surface area (Å²) < 4.78 is 17.4. The third kappa shape index (κ3) is 5.29. The van der Waals surface area contributed by atoms with E-state index in [1.807, 2.05) is 97.9 Å². The van der Waals surface area contributed by atoms with Gasteiger partial charge in [0.1, 0.15) is 29.1 Å². The van der Waals surface area contributed by atoms with Crippen LogP contribution in [0.3, 0.4) is 0 Å². The fourth-order valence-corrected chi connectivity index (χ4v) is 5.30. The smallest absolute Gasteiger partial charge is 0.337 e. The Morgan fingerprint density at radius 3 is 2.39 bits per heavy atom. The number of anilines is 1. The van der Waals surface area contributed by atoms with Crippen molar-refractivity contribution in [1.29, 1.82) is 0 Å². The number of ether oxygens (including phenoxy) is 2. The Morgan fingerprint density at radius 1 is 0.927 bits per heavy atom. The summed E-state index contributed by atoms with van der Waals surface area (Å²) >= 11 is 5.85. The first kappa shape index (κ1) is 26.3. The topological polar surface area (TPSA) is 76.8 Å². The van der Waals surface area contributed by atoms with E-state index < -0.39 is 0 Å². The van der Waals surface area contributed by atoms with Crippen molar-refractivity contribution in [2.45, 2.75) is 19.0 Å². The van der Waals surface area contributed by atoms with Crippen molar-refractivity contribution in [3.63, 3.8) is 0 Å². The van der Waals surface area contributed by atoms with Gasteiger partial charge in [-0.2, -0.15) is 0 Å². The van der Waals surface area contributed by atoms with Crippen molar-refractivity contribution in [2.75, 3.05) is 12.0 Å². The van der Waals surface area contributed by atoms with Crippen LogP contribution >= 0.6 is 12.2 Å². The number of aromatic nitrogens is 1. The van der Waals surface area contributed by atoms with Crippen molar-refractivity contribution in [3.05, 3.63) is 132 Å². The third-order valence-corrected chi connectivity index (χ3v) is 7.36. The van der Waals surface area contributed by atoms with Crippen LogP contribution in [0.25, 0.3) is 11.3 Å². The normalized spacial score (nSPS) is 16.3. The average molecular weight is 562 g/mol. The van der Waals surface area contributed by atoms with E-state index in [1.54, 1.807) is 18.3 Å². The molecule has 2 atom stereocenters. The van der Waals surface area contributed by atoms with Crippen molar-refractivity contribution >= 4 is 29.0 Å². The zero-order valence-corrected chi connectivity index (χ0v) is 23.3. The van der Waals surface area contributed by atoms with Crippen molar-refractivity contribution in [3.8, 4) is 22.8 Å². The van der Waals surface area contributed by atoms with Crippen LogP contribution in [0.5, 0.6) is 11.5 Å². The molecule has 0 bridgehead atoms. The number of nitrogens with zero attached hydrogens (tertiary/aromatic N) is 2. The predicted molar refractivity (Wildman–Crippen MR) is 161 cm³/mol. The number of esters is 1. The fraction of sp³-hybridized carbons (Fsp3) is 0.121. The molecule has 3 aromatic carbocycles. The van der Waals surface area contributed by atoms with E-state index in [0.29, 0.717) is 16.4 Å². The lowest BCUT2D eigenvalue weighted by Crippen LogP contribution is -2.29. The Morgan fingerprint density at radius 2 is 1.68 bits per heavy atom. The molecule has 0 radical (unpaired) electrons. The Balaban J connectivity index is 1.33. The summed E-state index contributed by atoms with van der Waals surface area (Å²) in [6.07, 6.45) is 1.77. The Labute approximate surface area is 243 Å². The van der Waals surface area contributed by atoms with Gasteiger partial charge in [0.05, 0.1) is 24.4 Å². The maximum atomic E-state index is 11.9. The number of methoxy groups -OCH3 is 1. The SMILES string of the molecule is COC(=O)c1ccc(-c2ccc([C@@H]3[C@@H](c4ccccn4)NC(=S)N3c3ccc(Oc4ccccc4C)cc3)o2)cc1. The summed E-state index contributed by atoms with van der Waals surface area (Å²) in [6, 6.07) is 32.1. The summed E-state index contributed by atoms with van der Waals surface area (Å²) in [7, 11) is 1.36. The van der Waals surface area contributed by atoms with Gasteiger partial charge < -0.3 is 24.1 Å². The Bertz CT molecular complexity index is 1680. The highest BCUT2D eigenvalue weighted by molar-refractivity contribution is 7.80. The maximum absolute atomic E-state index is 11.9. The van der Waals surface area contributed by atoms with Crippen LogP contribution in [-0.4, -0.2) is 23.2 Å². The zero-order chi connectivity index (χ0) is 28.3. The molecule has 0 spiro atoms. The lowest BCUT2D eigenvalue weighted by Gasteiger charge is -2.26. The highest BCUT2D eigenvalue weighted by Gasteiger charge is 2.42. The van der Waals surface area contributed by atoms with Gasteiger partial charge >= 0.3 is 5.97 Å². The molecule has 204 valence electrons. The maximum Gasteiger partial charge on any atom is 0.337 e. The molecule has 1 fully saturated rings. The first-order valence-electron chi connectivity index (χ1n) is 13.1. The van der Waals surface area contributed by atoms with E-state index in [1.165, 1.54) is 7.11 Å². The van der Waals surface area contributed by atoms with Crippen molar-refractivity contribution in [1.82, 2.24) is 10.3 Å². The summed E-state index contributed by atoms with van der Waals surface area (Å²) in [5.74, 6) is 2.56. The van der Waals surface area contributed by atoms with Crippen LogP contribution in [0.2, 0.25) is 0 Å². The van der Waals surface area contributed by atoms with Crippen LogP contribution in [0, 0.1) is 6.92 Å². The number of rotatable bonds is 7. The number of furan rings is 1. The first-order chi connectivity index (χ1) is 20.0. The second kappa shape index (κ2) is 11.3. The molecule has 6 rings (SSSR count). The minimum absolute atomic E-state index is 0.243. The number of pyridine rings is 1. The number of para-hydroxylation sites is 1. The summed E-state index contributed by atoms with van der Waals surface area (Å²) in [6.45, 7) is 2.02. The van der Waals surface area contributed by atoms with E-state index in [-0.39, 0.29) is 18.1 Å². The van der Waals surface area contributed by atoms with Gasteiger partial charge in [-0.05, 0) is 91.4 Å². The lowest BCUT2D eigenvalue weighted by molar-refractivity contribution is 0.0600. The van der Waals surface area contributed by atoms with Crippen molar-refractivity contribution < 1.29 is 18.7 Å². The quantitative estimate of drug-likeness (QED) is 0.163. The molecular formula is C33H27N3O4S. The number of hydrogen-bond donors (Lipinski definition) is 1. The van der Waals surface area contributed by atoms with E-state index in [2.05, 4.69) is 15.2 Å². The highest BCUT2D eigenvalue weighted by atomic mass is 32.1. The van der Waals surface area contributed by atoms with Gasteiger partial charge in [-0.15, -0.1) is 0 Å². The number of nitrogens with one attached hydrogen (secondary N) is 1. The van der Waals surface area contributed by atoms with E-state index in [4.69, 9.17) is 26.1 Å². The van der Waals surface area contributed by atoms with Crippen LogP contribution in [0.1, 0.15) is 39.5 Å². The van der Waals surface area contributed by atoms with Gasteiger partial charge in [-0.3, -0.25) is 4.98 Å². The molecule has 8 heteroatoms. The highest BCUT2D eigenvalue weighted by Crippen LogP contribution is 2.43. The largest absolute Gasteiger partial charge is 0.465 e. The standard InChI is InChI=1S/C33H27N3O4S/c1-21-7-3-4-9-27(21)39-25-16-14-24(15-17-25)36-31(30(35-33(36)41)26-8-5-6-20-34-26)29-19-18-28(40-29)22-10-12-23(13-11-22)32(37)38-2/h3-20,30-31H,1-2H3,(H,35,41)/t30-,31-/m1/s1. The molecule has 1 N–H and O–H groups in total. The fourth-order valence-electron chi connectivity index (χ4n) is 4.95. The molecule has 0 amide bonds. The van der Waals surface area contributed by atoms with Gasteiger partial charge in [0.15, 0.2) is 5.11 Å². The van der Waals surface area contributed by atoms with E-state index in [9.17, 15) is 4.79 Å². The molecular weight excluding hydrogens is 534 g/mol. The minimum atomic E-state index is -0.383. The number of carbonyl (C=O) groups is 1. The summed E-state index contributed by atoms with van der Waals surface area (Å²) in [5.41, 5.74) is 4.12. The number of hydrogen-bond acceptors (Lipinski definition) is 6. The molecule has 1 aliphatic heterocycles. The number of carbonyl (C=O) groups excluding carboxylic acids is 1. The van der Waals surface area contributed by atoms with Gasteiger partial charge in [-0.1, -0.05) is 36.4 Å². The van der Waals surface area contributed by atoms with Gasteiger partial charge in [-0.25, -0.2) is 4.79 Å². The van der Waals surface area contributed by atoms with Crippen molar-refractivity contribution in [2.24, 2.45) is 0 Å². The number of thiocarbonyl (C=S) groups is 1. The van der Waals surface area contributed by atoms with Crippen LogP contribution in [0.15, 0.2) is 114 Å². The summed E-state index contributed by atoms with van der Waals surface area (Å²) in [4.78, 5) is 18.5. The zero-order valence-electron chi connectivity index (χ0n) is 22.5. The Kier molecular flexibility index (Phi) is 7.22. The molecule has 1 saturated heterocycles. The molecule has 0 aliphatic carbocycles. The molecule has 5 aromatic rings. The summed E-state index contributed by atoms with van der Waals surface area (Å²) in [5, 5.41) is 4.03. The average Bonchev–Trinajstić information content (AvgIpc) is 3.63. The molecule has 3 heterocycles. The molecule has 0 saturated carbocycles. The molecule has 1 aliphatic rings. The molecule has 41 heavy (non-hydrogen) atoms. The van der Waals surface area contributed by atoms with Gasteiger partial charge in [0, 0.05) is 17.4 Å².